The van der Waals surface area contributed by atoms with Crippen molar-refractivity contribution >= 4 is 0 Å². The fourth-order valence-corrected chi connectivity index (χ4v) is 2.85. The van der Waals surface area contributed by atoms with E-state index in [9.17, 15) is 0 Å². The van der Waals surface area contributed by atoms with Gasteiger partial charge in [-0.1, -0.05) is 31.9 Å². The maximum absolute atomic E-state index is 5.70. The lowest BCUT2D eigenvalue weighted by atomic mass is 9.98. The summed E-state index contributed by atoms with van der Waals surface area (Å²) in [5.74, 6) is 1.24. The van der Waals surface area contributed by atoms with Crippen LogP contribution in [0.5, 0.6) is 0 Å². The second-order valence-corrected chi connectivity index (χ2v) is 5.87. The summed E-state index contributed by atoms with van der Waals surface area (Å²) in [4.78, 5) is 0. The highest BCUT2D eigenvalue weighted by molar-refractivity contribution is 5.18. The molecule has 4 heteroatoms. The van der Waals surface area contributed by atoms with E-state index < -0.39 is 0 Å². The van der Waals surface area contributed by atoms with Crippen LogP contribution in [0.2, 0.25) is 0 Å². The van der Waals surface area contributed by atoms with Gasteiger partial charge >= 0.3 is 0 Å². The van der Waals surface area contributed by atoms with Crippen LogP contribution in [-0.2, 0) is 6.42 Å². The van der Waals surface area contributed by atoms with Gasteiger partial charge in [0.05, 0.1) is 17.4 Å². The fraction of sp³-hybridized carbons (Fsp3) is 0.857. The molecule has 1 heterocycles. The molecule has 1 atom stereocenters. The number of aromatic nitrogens is 3. The van der Waals surface area contributed by atoms with Crippen LogP contribution in [0, 0.1) is 5.92 Å². The third kappa shape index (κ3) is 2.58. The van der Waals surface area contributed by atoms with Crippen molar-refractivity contribution in [2.24, 2.45) is 11.7 Å². The fourth-order valence-electron chi connectivity index (χ4n) is 2.85. The summed E-state index contributed by atoms with van der Waals surface area (Å²) in [6, 6.07) is 0.416. The van der Waals surface area contributed by atoms with Gasteiger partial charge in [0.25, 0.3) is 0 Å². The van der Waals surface area contributed by atoms with Crippen LogP contribution in [0.3, 0.4) is 0 Å². The molecule has 1 aromatic rings. The Bertz CT molecular complexity index is 377. The molecule has 1 unspecified atom stereocenters. The third-order valence-corrected chi connectivity index (χ3v) is 4.28. The Kier molecular flexibility index (Phi) is 4.38. The molecule has 0 aromatic carbocycles. The molecule has 4 nitrogen and oxygen atoms in total. The zero-order valence-corrected chi connectivity index (χ0v) is 11.9. The minimum absolute atomic E-state index is 0.416. The highest BCUT2D eigenvalue weighted by Crippen LogP contribution is 2.37. The number of nitrogens with two attached hydrogens (primary N) is 1. The molecule has 1 saturated carbocycles. The lowest BCUT2D eigenvalue weighted by Gasteiger charge is -2.21. The molecule has 0 bridgehead atoms. The zero-order chi connectivity index (χ0) is 13.1. The number of hydrogen-bond acceptors (Lipinski definition) is 3. The quantitative estimate of drug-likeness (QED) is 0.874. The van der Waals surface area contributed by atoms with E-state index >= 15 is 0 Å². The maximum atomic E-state index is 5.70. The van der Waals surface area contributed by atoms with Gasteiger partial charge in [-0.2, -0.15) is 0 Å². The molecule has 0 saturated heterocycles. The van der Waals surface area contributed by atoms with Crippen molar-refractivity contribution in [1.82, 2.24) is 15.0 Å². The van der Waals surface area contributed by atoms with Crippen LogP contribution < -0.4 is 5.73 Å². The van der Waals surface area contributed by atoms with Gasteiger partial charge in [0.15, 0.2) is 0 Å². The molecule has 1 aromatic heterocycles. The molecule has 0 amide bonds. The highest BCUT2D eigenvalue weighted by atomic mass is 15.4. The molecule has 0 radical (unpaired) electrons. The molecule has 1 fully saturated rings. The molecular weight excluding hydrogens is 224 g/mol. The predicted octanol–water partition coefficient (Wildman–Crippen LogP) is 2.65. The summed E-state index contributed by atoms with van der Waals surface area (Å²) in [6.45, 7) is 7.39. The van der Waals surface area contributed by atoms with Crippen molar-refractivity contribution in [3.63, 3.8) is 0 Å². The molecule has 1 aliphatic rings. The van der Waals surface area contributed by atoms with E-state index in [0.29, 0.717) is 24.4 Å². The SMILES string of the molecule is CC(C)C(C)n1nnc(CCN)c1C1CCCC1. The van der Waals surface area contributed by atoms with Crippen molar-refractivity contribution in [2.75, 3.05) is 6.54 Å². The van der Waals surface area contributed by atoms with Crippen LogP contribution in [0.4, 0.5) is 0 Å². The van der Waals surface area contributed by atoms with Gasteiger partial charge in [-0.15, -0.1) is 5.10 Å². The zero-order valence-electron chi connectivity index (χ0n) is 11.9. The Labute approximate surface area is 110 Å². The van der Waals surface area contributed by atoms with Gasteiger partial charge in [0.1, 0.15) is 0 Å². The van der Waals surface area contributed by atoms with E-state index in [1.54, 1.807) is 0 Å². The number of rotatable bonds is 5. The van der Waals surface area contributed by atoms with Crippen LogP contribution >= 0.6 is 0 Å². The predicted molar refractivity (Wildman–Crippen MR) is 73.5 cm³/mol. The molecule has 2 N–H and O–H groups in total. The van der Waals surface area contributed by atoms with Gasteiger partial charge < -0.3 is 5.73 Å². The number of nitrogens with zero attached hydrogens (tertiary/aromatic N) is 3. The maximum Gasteiger partial charge on any atom is 0.0874 e. The van der Waals surface area contributed by atoms with Crippen molar-refractivity contribution in [3.05, 3.63) is 11.4 Å². The van der Waals surface area contributed by atoms with Gasteiger partial charge in [-0.25, -0.2) is 4.68 Å². The summed E-state index contributed by atoms with van der Waals surface area (Å²) in [7, 11) is 0. The first-order valence-electron chi connectivity index (χ1n) is 7.29. The monoisotopic (exact) mass is 250 g/mol. The molecular formula is C14H26N4. The highest BCUT2D eigenvalue weighted by Gasteiger charge is 2.27. The summed E-state index contributed by atoms with van der Waals surface area (Å²) >= 11 is 0. The topological polar surface area (TPSA) is 56.7 Å². The van der Waals surface area contributed by atoms with Crippen molar-refractivity contribution in [2.45, 2.75) is 64.8 Å². The Morgan fingerprint density at radius 1 is 1.28 bits per heavy atom. The van der Waals surface area contributed by atoms with Crippen molar-refractivity contribution < 1.29 is 0 Å². The standard InChI is InChI=1S/C14H26N4/c1-10(2)11(3)18-14(12-6-4-5-7-12)13(8-9-15)16-17-18/h10-12H,4-9,15H2,1-3H3. The van der Waals surface area contributed by atoms with Crippen LogP contribution in [0.15, 0.2) is 0 Å². The van der Waals surface area contributed by atoms with Gasteiger partial charge in [0.2, 0.25) is 0 Å². The summed E-state index contributed by atoms with van der Waals surface area (Å²) in [6.07, 6.45) is 6.12. The van der Waals surface area contributed by atoms with Crippen molar-refractivity contribution in [1.29, 1.82) is 0 Å². The Hall–Kier alpha value is -0.900. The minimum atomic E-state index is 0.416. The average molecular weight is 250 g/mol. The largest absolute Gasteiger partial charge is 0.330 e. The van der Waals surface area contributed by atoms with Gasteiger partial charge in [0, 0.05) is 12.3 Å². The van der Waals surface area contributed by atoms with E-state index in [2.05, 4.69) is 35.8 Å². The van der Waals surface area contributed by atoms with E-state index in [4.69, 9.17) is 5.73 Å². The van der Waals surface area contributed by atoms with Crippen LogP contribution in [-0.4, -0.2) is 21.5 Å². The first-order valence-corrected chi connectivity index (χ1v) is 7.29. The molecule has 0 spiro atoms. The smallest absolute Gasteiger partial charge is 0.0874 e. The minimum Gasteiger partial charge on any atom is -0.330 e. The van der Waals surface area contributed by atoms with E-state index in [0.717, 1.165) is 12.1 Å². The second-order valence-electron chi connectivity index (χ2n) is 5.87. The third-order valence-electron chi connectivity index (χ3n) is 4.28. The molecule has 102 valence electrons. The molecule has 2 rings (SSSR count). The van der Waals surface area contributed by atoms with Crippen molar-refractivity contribution in [3.8, 4) is 0 Å². The summed E-state index contributed by atoms with van der Waals surface area (Å²) in [5.41, 5.74) is 8.21. The molecule has 18 heavy (non-hydrogen) atoms. The van der Waals surface area contributed by atoms with Gasteiger partial charge in [-0.05, 0) is 32.2 Å². The van der Waals surface area contributed by atoms with Crippen LogP contribution in [0.25, 0.3) is 0 Å². The van der Waals surface area contributed by atoms with Gasteiger partial charge in [-0.3, -0.25) is 0 Å². The Morgan fingerprint density at radius 2 is 1.94 bits per heavy atom. The second kappa shape index (κ2) is 5.83. The normalized spacial score (nSPS) is 18.7. The summed E-state index contributed by atoms with van der Waals surface area (Å²) in [5, 5.41) is 8.80. The Morgan fingerprint density at radius 3 is 2.50 bits per heavy atom. The number of hydrogen-bond donors (Lipinski definition) is 1. The first kappa shape index (κ1) is 13.5. The Balaban J connectivity index is 2.33. The van der Waals surface area contributed by atoms with E-state index in [1.807, 2.05) is 0 Å². The average Bonchev–Trinajstić information content (AvgIpc) is 2.96. The van der Waals surface area contributed by atoms with E-state index in [1.165, 1.54) is 31.4 Å². The van der Waals surface area contributed by atoms with Crippen LogP contribution in [0.1, 0.15) is 69.8 Å². The van der Waals surface area contributed by atoms with E-state index in [-0.39, 0.29) is 0 Å². The molecule has 0 aliphatic heterocycles. The lowest BCUT2D eigenvalue weighted by Crippen LogP contribution is -2.18. The molecule has 1 aliphatic carbocycles. The lowest BCUT2D eigenvalue weighted by molar-refractivity contribution is 0.351. The summed E-state index contributed by atoms with van der Waals surface area (Å²) < 4.78 is 2.17. The first-order chi connectivity index (χ1) is 8.65.